The molecule has 1 unspecified atom stereocenters. The molecule has 0 bridgehead atoms. The zero-order valence-electron chi connectivity index (χ0n) is 18.9. The van der Waals surface area contributed by atoms with E-state index in [1.54, 1.807) is 36.4 Å². The molecule has 4 aromatic rings. The van der Waals surface area contributed by atoms with Crippen LogP contribution in [0, 0.1) is 0 Å². The topological polar surface area (TPSA) is 115 Å². The number of carboxylic acid groups (broad SMARTS) is 1. The molecule has 186 valence electrons. The van der Waals surface area contributed by atoms with Crippen molar-refractivity contribution in [1.29, 1.82) is 0 Å². The predicted molar refractivity (Wildman–Crippen MR) is 126 cm³/mol. The maximum Gasteiger partial charge on any atom is 0.407 e. The van der Waals surface area contributed by atoms with Crippen LogP contribution in [-0.2, 0) is 16.4 Å². The van der Waals surface area contributed by atoms with E-state index in [0.717, 1.165) is 6.26 Å². The zero-order valence-corrected chi connectivity index (χ0v) is 19.7. The fraction of sp³-hybridized carbons (Fsp3) is 0.208. The summed E-state index contributed by atoms with van der Waals surface area (Å²) in [5.41, 5.74) is 2.91. The second kappa shape index (κ2) is 8.86. The highest BCUT2D eigenvalue weighted by atomic mass is 32.2. The van der Waals surface area contributed by atoms with E-state index in [9.17, 15) is 27.1 Å². The zero-order chi connectivity index (χ0) is 25.6. The number of carbonyl (C=O) groups is 1. The minimum atomic E-state index is -3.52. The third kappa shape index (κ3) is 4.35. The maximum absolute atomic E-state index is 13.1. The van der Waals surface area contributed by atoms with Crippen LogP contribution in [0.2, 0.25) is 0 Å². The highest BCUT2D eigenvalue weighted by molar-refractivity contribution is 7.90. The SMILES string of the molecule is CS(=O)(=O)c1cc(-c2ccc3nc4n(c3c2)C(c2ccccc2OC(F)F)CN(C(=O)O)C4)ccn1. The van der Waals surface area contributed by atoms with Crippen molar-refractivity contribution in [3.63, 3.8) is 0 Å². The quantitative estimate of drug-likeness (QED) is 0.425. The van der Waals surface area contributed by atoms with E-state index in [0.29, 0.717) is 33.5 Å². The number of nitrogens with zero attached hydrogens (tertiary/aromatic N) is 4. The molecule has 36 heavy (non-hydrogen) atoms. The Labute approximate surface area is 204 Å². The van der Waals surface area contributed by atoms with Gasteiger partial charge < -0.3 is 14.4 Å². The molecule has 1 atom stereocenters. The van der Waals surface area contributed by atoms with Crippen LogP contribution in [0.4, 0.5) is 13.6 Å². The van der Waals surface area contributed by atoms with Crippen LogP contribution in [0.3, 0.4) is 0 Å². The van der Waals surface area contributed by atoms with E-state index < -0.39 is 28.6 Å². The molecular formula is C24H20F2N4O5S. The van der Waals surface area contributed by atoms with E-state index in [-0.39, 0.29) is 23.9 Å². The van der Waals surface area contributed by atoms with Gasteiger partial charge in [0, 0.05) is 24.6 Å². The molecule has 2 aromatic carbocycles. The van der Waals surface area contributed by atoms with E-state index in [1.165, 1.54) is 23.2 Å². The van der Waals surface area contributed by atoms with Gasteiger partial charge in [0.1, 0.15) is 11.6 Å². The molecule has 3 heterocycles. The van der Waals surface area contributed by atoms with Gasteiger partial charge in [-0.05, 0) is 41.5 Å². The van der Waals surface area contributed by atoms with Crippen molar-refractivity contribution in [2.45, 2.75) is 24.2 Å². The van der Waals surface area contributed by atoms with E-state index >= 15 is 0 Å². The molecule has 1 aliphatic rings. The number of pyridine rings is 1. The smallest absolute Gasteiger partial charge is 0.407 e. The molecule has 0 fully saturated rings. The Morgan fingerprint density at radius 1 is 1.14 bits per heavy atom. The van der Waals surface area contributed by atoms with Crippen molar-refractivity contribution in [1.82, 2.24) is 19.4 Å². The third-order valence-corrected chi connectivity index (χ3v) is 7.00. The molecule has 0 radical (unpaired) electrons. The highest BCUT2D eigenvalue weighted by Gasteiger charge is 2.33. The van der Waals surface area contributed by atoms with Crippen LogP contribution in [0.5, 0.6) is 5.75 Å². The van der Waals surface area contributed by atoms with E-state index in [2.05, 4.69) is 9.97 Å². The molecule has 0 spiro atoms. The lowest BCUT2D eigenvalue weighted by Gasteiger charge is -2.34. The van der Waals surface area contributed by atoms with Crippen LogP contribution in [0.15, 0.2) is 65.8 Å². The van der Waals surface area contributed by atoms with Crippen LogP contribution in [0.25, 0.3) is 22.2 Å². The third-order valence-electron chi connectivity index (χ3n) is 6.01. The summed E-state index contributed by atoms with van der Waals surface area (Å²) in [7, 11) is -3.52. The van der Waals surface area contributed by atoms with Gasteiger partial charge in [-0.3, -0.25) is 4.90 Å². The number of benzene rings is 2. The lowest BCUT2D eigenvalue weighted by molar-refractivity contribution is -0.0508. The Balaban J connectivity index is 1.69. The first-order valence-corrected chi connectivity index (χ1v) is 12.7. The first kappa shape index (κ1) is 23.7. The molecule has 12 heteroatoms. The number of halogens is 2. The molecule has 9 nitrogen and oxygen atoms in total. The normalized spacial score (nSPS) is 15.8. The van der Waals surface area contributed by atoms with Gasteiger partial charge in [-0.15, -0.1) is 0 Å². The summed E-state index contributed by atoms with van der Waals surface area (Å²) in [6.45, 7) is -3.04. The first-order valence-electron chi connectivity index (χ1n) is 10.8. The number of rotatable bonds is 5. The number of imidazole rings is 1. The summed E-state index contributed by atoms with van der Waals surface area (Å²) in [5, 5.41) is 9.62. The van der Waals surface area contributed by atoms with Crippen LogP contribution in [0.1, 0.15) is 17.4 Å². The van der Waals surface area contributed by atoms with Crippen molar-refractivity contribution in [2.24, 2.45) is 0 Å². The van der Waals surface area contributed by atoms with Gasteiger partial charge >= 0.3 is 12.7 Å². The summed E-state index contributed by atoms with van der Waals surface area (Å²) in [5.74, 6) is 0.389. The summed E-state index contributed by atoms with van der Waals surface area (Å²) >= 11 is 0. The fourth-order valence-corrected chi connectivity index (χ4v) is 5.03. The summed E-state index contributed by atoms with van der Waals surface area (Å²) in [6, 6.07) is 14.1. The monoisotopic (exact) mass is 514 g/mol. The van der Waals surface area contributed by atoms with Gasteiger partial charge in [0.05, 0.1) is 23.6 Å². The molecular weight excluding hydrogens is 494 g/mol. The van der Waals surface area contributed by atoms with Gasteiger partial charge in [0.2, 0.25) is 0 Å². The van der Waals surface area contributed by atoms with Crippen molar-refractivity contribution >= 4 is 27.0 Å². The predicted octanol–water partition coefficient (Wildman–Crippen LogP) is 4.19. The minimum Gasteiger partial charge on any atom is -0.465 e. The standard InChI is InChI=1S/C24H20F2N4O5S/c1-36(33,34)22-11-15(8-9-27-22)14-6-7-17-18(10-14)30-19(12-29(24(31)32)13-21(30)28-17)16-4-2-3-5-20(16)35-23(25)26/h2-11,19,23H,12-13H2,1H3,(H,31,32). The molecule has 1 N–H and O–H groups in total. The molecule has 0 saturated carbocycles. The van der Waals surface area contributed by atoms with Crippen molar-refractivity contribution in [3.05, 3.63) is 72.2 Å². The van der Waals surface area contributed by atoms with E-state index in [1.807, 2.05) is 10.6 Å². The number of sulfone groups is 1. The average Bonchev–Trinajstić information content (AvgIpc) is 3.21. The van der Waals surface area contributed by atoms with Crippen LogP contribution >= 0.6 is 0 Å². The van der Waals surface area contributed by atoms with Gasteiger partial charge in [-0.2, -0.15) is 8.78 Å². The molecule has 1 amide bonds. The maximum atomic E-state index is 13.1. The molecule has 5 rings (SSSR count). The fourth-order valence-electron chi connectivity index (χ4n) is 4.44. The number of ether oxygens (including phenoxy) is 1. The van der Waals surface area contributed by atoms with Crippen LogP contribution < -0.4 is 4.74 Å². The number of hydrogen-bond donors (Lipinski definition) is 1. The summed E-state index contributed by atoms with van der Waals surface area (Å²) in [6.07, 6.45) is 1.33. The minimum absolute atomic E-state index is 0.00485. The average molecular weight is 515 g/mol. The van der Waals surface area contributed by atoms with Crippen molar-refractivity contribution in [2.75, 3.05) is 12.8 Å². The number of amides is 1. The lowest BCUT2D eigenvalue weighted by Crippen LogP contribution is -2.41. The largest absolute Gasteiger partial charge is 0.465 e. The Morgan fingerprint density at radius 2 is 1.89 bits per heavy atom. The summed E-state index contributed by atoms with van der Waals surface area (Å²) < 4.78 is 56.8. The van der Waals surface area contributed by atoms with Gasteiger partial charge in [0.25, 0.3) is 0 Å². The second-order valence-electron chi connectivity index (χ2n) is 8.35. The first-order chi connectivity index (χ1) is 17.1. The molecule has 0 saturated heterocycles. The lowest BCUT2D eigenvalue weighted by atomic mass is 10.0. The van der Waals surface area contributed by atoms with Crippen molar-refractivity contribution < 1.29 is 31.8 Å². The Kier molecular flexibility index (Phi) is 5.83. The number of aromatic nitrogens is 3. The molecule has 1 aliphatic heterocycles. The second-order valence-corrected chi connectivity index (χ2v) is 10.3. The van der Waals surface area contributed by atoms with Crippen LogP contribution in [-0.4, -0.2) is 58.5 Å². The number of fused-ring (bicyclic) bond motifs is 3. The molecule has 0 aliphatic carbocycles. The van der Waals surface area contributed by atoms with Gasteiger partial charge in [-0.25, -0.2) is 23.2 Å². The number of para-hydroxylation sites is 1. The Bertz CT molecular complexity index is 1590. The molecule has 2 aromatic heterocycles. The van der Waals surface area contributed by atoms with E-state index in [4.69, 9.17) is 4.74 Å². The van der Waals surface area contributed by atoms with Gasteiger partial charge in [-0.1, -0.05) is 24.3 Å². The van der Waals surface area contributed by atoms with Gasteiger partial charge in [0.15, 0.2) is 14.9 Å². The summed E-state index contributed by atoms with van der Waals surface area (Å²) in [4.78, 5) is 21.6. The highest BCUT2D eigenvalue weighted by Crippen LogP contribution is 2.37. The van der Waals surface area contributed by atoms with Crippen molar-refractivity contribution in [3.8, 4) is 16.9 Å². The Morgan fingerprint density at radius 3 is 2.61 bits per heavy atom. The Hall–Kier alpha value is -4.06. The number of hydrogen-bond acceptors (Lipinski definition) is 6. The number of alkyl halides is 2.